The number of carbonyl (C=O) groups is 2. The highest BCUT2D eigenvalue weighted by atomic mass is 32.2. The first kappa shape index (κ1) is 19.9. The Bertz CT molecular complexity index is 953. The Morgan fingerprint density at radius 2 is 1.93 bits per heavy atom. The van der Waals surface area contributed by atoms with E-state index in [2.05, 4.69) is 16.4 Å². The van der Waals surface area contributed by atoms with Crippen molar-refractivity contribution in [1.82, 2.24) is 14.9 Å². The first-order valence-electron chi connectivity index (χ1n) is 9.10. The van der Waals surface area contributed by atoms with Crippen molar-refractivity contribution in [2.24, 2.45) is 0 Å². The lowest BCUT2D eigenvalue weighted by Gasteiger charge is -2.16. The molecule has 0 aliphatic heterocycles. The van der Waals surface area contributed by atoms with E-state index in [1.807, 2.05) is 66.2 Å². The number of Topliss-reactive ketones (excluding diaryl/α,β-unsaturated/α-hetero) is 1. The van der Waals surface area contributed by atoms with Crippen LogP contribution in [0.1, 0.15) is 18.1 Å². The van der Waals surface area contributed by atoms with Crippen LogP contribution in [0.5, 0.6) is 0 Å². The summed E-state index contributed by atoms with van der Waals surface area (Å²) in [5.41, 5.74) is 3.18. The van der Waals surface area contributed by atoms with Crippen molar-refractivity contribution in [2.75, 3.05) is 5.75 Å². The van der Waals surface area contributed by atoms with Crippen LogP contribution in [-0.4, -0.2) is 33.0 Å². The largest absolute Gasteiger partial charge is 0.345 e. The first-order chi connectivity index (χ1) is 13.5. The van der Waals surface area contributed by atoms with E-state index in [4.69, 9.17) is 0 Å². The molecule has 1 unspecified atom stereocenters. The van der Waals surface area contributed by atoms with Crippen molar-refractivity contribution in [3.8, 4) is 5.69 Å². The van der Waals surface area contributed by atoms with Crippen LogP contribution in [0.2, 0.25) is 0 Å². The zero-order valence-corrected chi connectivity index (χ0v) is 16.8. The van der Waals surface area contributed by atoms with Crippen molar-refractivity contribution < 1.29 is 9.59 Å². The molecule has 1 N–H and O–H groups in total. The van der Waals surface area contributed by atoms with Crippen LogP contribution in [0.25, 0.3) is 5.69 Å². The van der Waals surface area contributed by atoms with Gasteiger partial charge in [-0.3, -0.25) is 14.2 Å². The monoisotopic (exact) mass is 393 g/mol. The number of imidazole rings is 1. The topological polar surface area (TPSA) is 64.0 Å². The number of amides is 1. The van der Waals surface area contributed by atoms with Gasteiger partial charge in [0.25, 0.3) is 0 Å². The van der Waals surface area contributed by atoms with Gasteiger partial charge in [-0.05, 0) is 43.5 Å². The van der Waals surface area contributed by atoms with Crippen LogP contribution >= 0.6 is 11.8 Å². The van der Waals surface area contributed by atoms with Gasteiger partial charge in [0.15, 0.2) is 10.9 Å². The molecule has 0 aliphatic carbocycles. The number of benzene rings is 2. The number of aryl methyl sites for hydroxylation is 1. The number of hydrogen-bond donors (Lipinski definition) is 1. The fourth-order valence-corrected chi connectivity index (χ4v) is 3.67. The fourth-order valence-electron chi connectivity index (χ4n) is 2.88. The van der Waals surface area contributed by atoms with Gasteiger partial charge >= 0.3 is 0 Å². The third-order valence-corrected chi connectivity index (χ3v) is 5.29. The van der Waals surface area contributed by atoms with E-state index < -0.39 is 6.04 Å². The van der Waals surface area contributed by atoms with Crippen LogP contribution in [-0.2, 0) is 16.0 Å². The minimum Gasteiger partial charge on any atom is -0.345 e. The summed E-state index contributed by atoms with van der Waals surface area (Å²) in [6.07, 6.45) is 4.09. The number of aromatic nitrogens is 2. The third kappa shape index (κ3) is 5.33. The molecule has 0 radical (unpaired) electrons. The number of nitrogens with one attached hydrogen (secondary N) is 1. The molecular weight excluding hydrogens is 370 g/mol. The molecule has 2 aromatic carbocycles. The summed E-state index contributed by atoms with van der Waals surface area (Å²) in [6.45, 7) is 3.54. The molecule has 5 nitrogen and oxygen atoms in total. The second-order valence-electron chi connectivity index (χ2n) is 6.63. The molecule has 3 rings (SSSR count). The standard InChI is InChI=1S/C22H23N3O2S/c1-16-7-6-10-19(13-16)25-12-11-23-22(25)28-15-21(27)24-20(17(2)26)14-18-8-4-3-5-9-18/h3-13,20H,14-15H2,1-2H3,(H,24,27). The molecule has 0 fully saturated rings. The van der Waals surface area contributed by atoms with E-state index in [9.17, 15) is 9.59 Å². The summed E-state index contributed by atoms with van der Waals surface area (Å²) in [6, 6.07) is 17.3. The number of nitrogens with zero attached hydrogens (tertiary/aromatic N) is 2. The van der Waals surface area contributed by atoms with Gasteiger partial charge in [0.1, 0.15) is 0 Å². The van der Waals surface area contributed by atoms with Crippen LogP contribution in [0.15, 0.2) is 72.1 Å². The molecule has 0 spiro atoms. The predicted octanol–water partition coefficient (Wildman–Crippen LogP) is 3.59. The first-order valence-corrected chi connectivity index (χ1v) is 10.1. The Hall–Kier alpha value is -2.86. The Labute approximate surface area is 169 Å². The molecular formula is C22H23N3O2S. The molecule has 0 saturated heterocycles. The van der Waals surface area contributed by atoms with Gasteiger partial charge in [0.05, 0.1) is 11.8 Å². The summed E-state index contributed by atoms with van der Waals surface area (Å²) in [7, 11) is 0. The zero-order chi connectivity index (χ0) is 19.9. The summed E-state index contributed by atoms with van der Waals surface area (Å²) < 4.78 is 1.96. The molecule has 1 atom stereocenters. The minimum absolute atomic E-state index is 0.0523. The maximum absolute atomic E-state index is 12.4. The average molecular weight is 394 g/mol. The lowest BCUT2D eigenvalue weighted by Crippen LogP contribution is -2.42. The van der Waals surface area contributed by atoms with E-state index in [-0.39, 0.29) is 17.4 Å². The van der Waals surface area contributed by atoms with E-state index in [1.165, 1.54) is 18.7 Å². The molecule has 0 saturated carbocycles. The van der Waals surface area contributed by atoms with Crippen molar-refractivity contribution in [3.05, 3.63) is 78.1 Å². The molecule has 28 heavy (non-hydrogen) atoms. The zero-order valence-electron chi connectivity index (χ0n) is 16.0. The molecule has 0 bridgehead atoms. The summed E-state index contributed by atoms with van der Waals surface area (Å²) in [4.78, 5) is 28.7. The highest BCUT2D eigenvalue weighted by molar-refractivity contribution is 7.99. The summed E-state index contributed by atoms with van der Waals surface area (Å²) >= 11 is 1.35. The van der Waals surface area contributed by atoms with Crippen molar-refractivity contribution in [1.29, 1.82) is 0 Å². The van der Waals surface area contributed by atoms with Gasteiger partial charge in [0.2, 0.25) is 5.91 Å². The summed E-state index contributed by atoms with van der Waals surface area (Å²) in [5, 5.41) is 3.59. The average Bonchev–Trinajstić information content (AvgIpc) is 3.15. The maximum atomic E-state index is 12.4. The predicted molar refractivity (Wildman–Crippen MR) is 112 cm³/mol. The van der Waals surface area contributed by atoms with E-state index in [0.717, 1.165) is 22.0 Å². The van der Waals surface area contributed by atoms with Crippen LogP contribution in [0, 0.1) is 6.92 Å². The highest BCUT2D eigenvalue weighted by Crippen LogP contribution is 2.21. The summed E-state index contributed by atoms with van der Waals surface area (Å²) in [5.74, 6) is -0.0371. The molecule has 0 aliphatic rings. The van der Waals surface area contributed by atoms with E-state index in [1.54, 1.807) is 6.20 Å². The highest BCUT2D eigenvalue weighted by Gasteiger charge is 2.18. The Kier molecular flexibility index (Phi) is 6.66. The van der Waals surface area contributed by atoms with Gasteiger partial charge in [-0.15, -0.1) is 0 Å². The number of hydrogen-bond acceptors (Lipinski definition) is 4. The van der Waals surface area contributed by atoms with Gasteiger partial charge in [-0.1, -0.05) is 54.2 Å². The van der Waals surface area contributed by atoms with Crippen molar-refractivity contribution in [2.45, 2.75) is 31.5 Å². The normalized spacial score (nSPS) is 11.8. The molecule has 6 heteroatoms. The van der Waals surface area contributed by atoms with Gasteiger partial charge in [0, 0.05) is 18.1 Å². The third-order valence-electron chi connectivity index (χ3n) is 4.33. The van der Waals surface area contributed by atoms with Crippen LogP contribution in [0.3, 0.4) is 0 Å². The quantitative estimate of drug-likeness (QED) is 0.594. The van der Waals surface area contributed by atoms with Crippen molar-refractivity contribution >= 4 is 23.5 Å². The fraction of sp³-hybridized carbons (Fsp3) is 0.227. The molecule has 1 heterocycles. The SMILES string of the molecule is CC(=O)C(Cc1ccccc1)NC(=O)CSc1nccn1-c1cccc(C)c1. The minimum atomic E-state index is -0.521. The Morgan fingerprint density at radius 3 is 2.64 bits per heavy atom. The number of ketones is 1. The molecule has 3 aromatic rings. The molecule has 1 amide bonds. The second-order valence-corrected chi connectivity index (χ2v) is 7.57. The maximum Gasteiger partial charge on any atom is 0.231 e. The number of thioether (sulfide) groups is 1. The van der Waals surface area contributed by atoms with Crippen LogP contribution < -0.4 is 5.32 Å². The number of rotatable bonds is 8. The molecule has 144 valence electrons. The molecule has 1 aromatic heterocycles. The van der Waals surface area contributed by atoms with Gasteiger partial charge < -0.3 is 5.32 Å². The Morgan fingerprint density at radius 1 is 1.14 bits per heavy atom. The Balaban J connectivity index is 1.61. The smallest absolute Gasteiger partial charge is 0.231 e. The number of carbonyl (C=O) groups excluding carboxylic acids is 2. The van der Waals surface area contributed by atoms with E-state index in [0.29, 0.717) is 6.42 Å². The van der Waals surface area contributed by atoms with E-state index >= 15 is 0 Å². The lowest BCUT2D eigenvalue weighted by atomic mass is 10.0. The lowest BCUT2D eigenvalue weighted by molar-refractivity contribution is -0.125. The van der Waals surface area contributed by atoms with Gasteiger partial charge in [-0.2, -0.15) is 0 Å². The van der Waals surface area contributed by atoms with Gasteiger partial charge in [-0.25, -0.2) is 4.98 Å². The van der Waals surface area contributed by atoms with Crippen molar-refractivity contribution in [3.63, 3.8) is 0 Å². The van der Waals surface area contributed by atoms with Crippen LogP contribution in [0.4, 0.5) is 0 Å². The second kappa shape index (κ2) is 9.37.